The topological polar surface area (TPSA) is 50.4 Å². The summed E-state index contributed by atoms with van der Waals surface area (Å²) in [5.41, 5.74) is 7.11. The van der Waals surface area contributed by atoms with Gasteiger partial charge in [0.2, 0.25) is 5.91 Å². The predicted octanol–water partition coefficient (Wildman–Crippen LogP) is 3.28. The molecule has 0 aromatic heterocycles. The second kappa shape index (κ2) is 6.52. The minimum Gasteiger partial charge on any atom is -0.488 e. The molecule has 4 rings (SSSR count). The first-order valence-corrected chi connectivity index (χ1v) is 8.98. The van der Waals surface area contributed by atoms with E-state index in [1.165, 1.54) is 22.3 Å². The van der Waals surface area contributed by atoms with Crippen molar-refractivity contribution in [2.45, 2.75) is 45.8 Å². The van der Waals surface area contributed by atoms with Gasteiger partial charge in [0.1, 0.15) is 11.9 Å². The van der Waals surface area contributed by atoms with Crippen molar-refractivity contribution in [2.75, 3.05) is 11.9 Å². The summed E-state index contributed by atoms with van der Waals surface area (Å²) in [7, 11) is 0. The van der Waals surface area contributed by atoms with Crippen LogP contribution in [0.2, 0.25) is 0 Å². The van der Waals surface area contributed by atoms with Gasteiger partial charge >= 0.3 is 0 Å². The van der Waals surface area contributed by atoms with Gasteiger partial charge in [-0.3, -0.25) is 4.79 Å². The molecule has 2 aromatic rings. The largest absolute Gasteiger partial charge is 0.488 e. The molecule has 0 bridgehead atoms. The Morgan fingerprint density at radius 3 is 2.96 bits per heavy atom. The van der Waals surface area contributed by atoms with E-state index in [0.29, 0.717) is 6.42 Å². The van der Waals surface area contributed by atoms with Crippen LogP contribution in [-0.4, -0.2) is 18.6 Å². The van der Waals surface area contributed by atoms with E-state index in [9.17, 15) is 4.79 Å². The number of benzene rings is 2. The van der Waals surface area contributed by atoms with Gasteiger partial charge in [-0.15, -0.1) is 0 Å². The third kappa shape index (κ3) is 3.27. The van der Waals surface area contributed by atoms with Crippen molar-refractivity contribution in [2.24, 2.45) is 0 Å². The van der Waals surface area contributed by atoms with Crippen molar-refractivity contribution < 1.29 is 9.53 Å². The first-order valence-electron chi connectivity index (χ1n) is 8.98. The Labute approximate surface area is 148 Å². The summed E-state index contributed by atoms with van der Waals surface area (Å²) in [6.45, 7) is 5.95. The SMILES string of the molecule is Cc1ccc(CNCC2CCc3ccc4c(c3O2)CC(=O)N4)c(C)c1. The molecule has 0 aliphatic carbocycles. The van der Waals surface area contributed by atoms with Gasteiger partial charge < -0.3 is 15.4 Å². The second-order valence-electron chi connectivity index (χ2n) is 7.14. The number of amides is 1. The molecule has 2 heterocycles. The molecule has 0 saturated heterocycles. The first kappa shape index (κ1) is 16.2. The van der Waals surface area contributed by atoms with Crippen LogP contribution in [0, 0.1) is 13.8 Å². The Morgan fingerprint density at radius 1 is 1.24 bits per heavy atom. The number of nitrogens with one attached hydrogen (secondary N) is 2. The number of anilines is 1. The number of carbonyl (C=O) groups is 1. The summed E-state index contributed by atoms with van der Waals surface area (Å²) >= 11 is 0. The Hall–Kier alpha value is -2.33. The molecule has 1 unspecified atom stereocenters. The number of carbonyl (C=O) groups excluding carboxylic acids is 1. The van der Waals surface area contributed by atoms with Gasteiger partial charge in [-0.25, -0.2) is 0 Å². The summed E-state index contributed by atoms with van der Waals surface area (Å²) in [5, 5.41) is 6.43. The molecule has 25 heavy (non-hydrogen) atoms. The van der Waals surface area contributed by atoms with Crippen LogP contribution in [0.5, 0.6) is 5.75 Å². The highest BCUT2D eigenvalue weighted by atomic mass is 16.5. The molecule has 2 aliphatic heterocycles. The van der Waals surface area contributed by atoms with Gasteiger partial charge in [0, 0.05) is 24.3 Å². The zero-order valence-corrected chi connectivity index (χ0v) is 14.8. The van der Waals surface area contributed by atoms with Crippen molar-refractivity contribution in [1.82, 2.24) is 5.32 Å². The fourth-order valence-corrected chi connectivity index (χ4v) is 3.77. The quantitative estimate of drug-likeness (QED) is 0.901. The summed E-state index contributed by atoms with van der Waals surface area (Å²) in [6, 6.07) is 10.7. The van der Waals surface area contributed by atoms with E-state index >= 15 is 0 Å². The van der Waals surface area contributed by atoms with E-state index in [1.54, 1.807) is 0 Å². The van der Waals surface area contributed by atoms with Crippen LogP contribution in [0.3, 0.4) is 0 Å². The highest BCUT2D eigenvalue weighted by Gasteiger charge is 2.28. The number of hydrogen-bond acceptors (Lipinski definition) is 3. The lowest BCUT2D eigenvalue weighted by Crippen LogP contribution is -2.34. The molecular formula is C21H24N2O2. The van der Waals surface area contributed by atoms with Gasteiger partial charge in [0.25, 0.3) is 0 Å². The molecule has 1 atom stereocenters. The summed E-state index contributed by atoms with van der Waals surface area (Å²) in [4.78, 5) is 11.7. The Balaban J connectivity index is 1.40. The predicted molar refractivity (Wildman–Crippen MR) is 99.1 cm³/mol. The average molecular weight is 336 g/mol. The van der Waals surface area contributed by atoms with Crippen LogP contribution in [0.1, 0.15) is 34.2 Å². The lowest BCUT2D eigenvalue weighted by Gasteiger charge is -2.28. The molecule has 0 saturated carbocycles. The van der Waals surface area contributed by atoms with Gasteiger partial charge in [0.05, 0.1) is 6.42 Å². The van der Waals surface area contributed by atoms with Crippen LogP contribution in [0.4, 0.5) is 5.69 Å². The molecule has 0 radical (unpaired) electrons. The zero-order valence-electron chi connectivity index (χ0n) is 14.8. The van der Waals surface area contributed by atoms with Gasteiger partial charge in [-0.05, 0) is 49.4 Å². The van der Waals surface area contributed by atoms with E-state index in [0.717, 1.165) is 42.9 Å². The molecule has 4 heteroatoms. The summed E-state index contributed by atoms with van der Waals surface area (Å²) < 4.78 is 6.26. The van der Waals surface area contributed by atoms with Crippen LogP contribution >= 0.6 is 0 Å². The van der Waals surface area contributed by atoms with E-state index in [-0.39, 0.29) is 12.0 Å². The van der Waals surface area contributed by atoms with Crippen LogP contribution in [0.25, 0.3) is 0 Å². The fraction of sp³-hybridized carbons (Fsp3) is 0.381. The maximum Gasteiger partial charge on any atom is 0.229 e. The normalized spacial score (nSPS) is 18.3. The Morgan fingerprint density at radius 2 is 2.12 bits per heavy atom. The van der Waals surface area contributed by atoms with Crippen LogP contribution < -0.4 is 15.4 Å². The number of ether oxygens (including phenoxy) is 1. The second-order valence-corrected chi connectivity index (χ2v) is 7.14. The maximum absolute atomic E-state index is 11.7. The summed E-state index contributed by atoms with van der Waals surface area (Å²) in [6.07, 6.45) is 2.60. The van der Waals surface area contributed by atoms with Crippen LogP contribution in [0.15, 0.2) is 30.3 Å². The van der Waals surface area contributed by atoms with Crippen molar-refractivity contribution in [1.29, 1.82) is 0 Å². The van der Waals surface area contributed by atoms with Gasteiger partial charge in [0.15, 0.2) is 0 Å². The molecule has 130 valence electrons. The van der Waals surface area contributed by atoms with Gasteiger partial charge in [-0.2, -0.15) is 0 Å². The van der Waals surface area contributed by atoms with Crippen molar-refractivity contribution in [3.63, 3.8) is 0 Å². The molecular weight excluding hydrogens is 312 g/mol. The Bertz CT molecular complexity index is 829. The van der Waals surface area contributed by atoms with E-state index in [1.807, 2.05) is 6.07 Å². The molecule has 4 nitrogen and oxygen atoms in total. The lowest BCUT2D eigenvalue weighted by atomic mass is 9.97. The minimum absolute atomic E-state index is 0.0575. The molecule has 2 aliphatic rings. The average Bonchev–Trinajstić information content (AvgIpc) is 2.97. The maximum atomic E-state index is 11.7. The number of rotatable bonds is 4. The van der Waals surface area contributed by atoms with Crippen molar-refractivity contribution in [3.05, 3.63) is 58.1 Å². The molecule has 0 fully saturated rings. The summed E-state index contributed by atoms with van der Waals surface area (Å²) in [5.74, 6) is 0.988. The molecule has 2 N–H and O–H groups in total. The minimum atomic E-state index is 0.0575. The number of fused-ring (bicyclic) bond motifs is 3. The third-order valence-electron chi connectivity index (χ3n) is 5.16. The standard InChI is InChI=1S/C21H24N2O2/c1-13-3-4-16(14(2)9-13)11-22-12-17-7-5-15-6-8-19-18(21(15)25-17)10-20(24)23-19/h3-4,6,8-9,17,22H,5,7,10-12H2,1-2H3,(H,23,24). The molecule has 0 spiro atoms. The van der Waals surface area contributed by atoms with Crippen LogP contribution in [-0.2, 0) is 24.2 Å². The van der Waals surface area contributed by atoms with Crippen molar-refractivity contribution >= 4 is 11.6 Å². The van der Waals surface area contributed by atoms with Crippen molar-refractivity contribution in [3.8, 4) is 5.75 Å². The monoisotopic (exact) mass is 336 g/mol. The zero-order chi connectivity index (χ0) is 17.4. The van der Waals surface area contributed by atoms with Gasteiger partial charge in [-0.1, -0.05) is 29.8 Å². The molecule has 2 aromatic carbocycles. The number of aryl methyl sites for hydroxylation is 3. The first-order chi connectivity index (χ1) is 12.1. The highest BCUT2D eigenvalue weighted by molar-refractivity contribution is 6.00. The van der Waals surface area contributed by atoms with E-state index in [2.05, 4.69) is 48.7 Å². The highest BCUT2D eigenvalue weighted by Crippen LogP contribution is 2.38. The fourth-order valence-electron chi connectivity index (χ4n) is 3.77. The molecule has 1 amide bonds. The van der Waals surface area contributed by atoms with E-state index < -0.39 is 0 Å². The van der Waals surface area contributed by atoms with E-state index in [4.69, 9.17) is 4.74 Å². The smallest absolute Gasteiger partial charge is 0.229 e. The lowest BCUT2D eigenvalue weighted by molar-refractivity contribution is -0.115. The third-order valence-corrected chi connectivity index (χ3v) is 5.16. The Kier molecular flexibility index (Phi) is 4.22. The number of hydrogen-bond donors (Lipinski definition) is 2.